The van der Waals surface area contributed by atoms with Crippen LogP contribution in [0.3, 0.4) is 0 Å². The van der Waals surface area contributed by atoms with E-state index < -0.39 is 0 Å². The molecular weight excluding hydrogens is 202 g/mol. The van der Waals surface area contributed by atoms with E-state index in [1.165, 1.54) is 12.8 Å². The van der Waals surface area contributed by atoms with Gasteiger partial charge in [0.05, 0.1) is 6.61 Å². The Morgan fingerprint density at radius 1 is 1.29 bits per heavy atom. The Kier molecular flexibility index (Phi) is 5.17. The number of hydrogen-bond acceptors (Lipinski definition) is 3. The zero-order chi connectivity index (χ0) is 9.10. The van der Waals surface area contributed by atoms with Crippen LogP contribution < -0.4 is 5.32 Å². The number of nitrogens with one attached hydrogen (secondary N) is 1. The normalized spacial score (nSPS) is 34.1. The van der Waals surface area contributed by atoms with Gasteiger partial charge in [0.15, 0.2) is 0 Å². The van der Waals surface area contributed by atoms with Crippen molar-refractivity contribution in [1.29, 1.82) is 0 Å². The van der Waals surface area contributed by atoms with E-state index in [1.54, 1.807) is 0 Å². The van der Waals surface area contributed by atoms with Crippen LogP contribution in [0.1, 0.15) is 26.2 Å². The zero-order valence-electron chi connectivity index (χ0n) is 8.70. The number of ether oxygens (including phenoxy) is 2. The van der Waals surface area contributed by atoms with Crippen molar-refractivity contribution in [3.8, 4) is 0 Å². The molecule has 0 bridgehead atoms. The molecule has 84 valence electrons. The summed E-state index contributed by atoms with van der Waals surface area (Å²) in [4.78, 5) is 0. The minimum atomic E-state index is 0. The molecule has 14 heavy (non-hydrogen) atoms. The summed E-state index contributed by atoms with van der Waals surface area (Å²) in [5.74, 6) is 0.802. The molecule has 3 nitrogen and oxygen atoms in total. The van der Waals surface area contributed by atoms with E-state index in [0.717, 1.165) is 32.2 Å². The van der Waals surface area contributed by atoms with Gasteiger partial charge in [-0.15, -0.1) is 12.4 Å². The summed E-state index contributed by atoms with van der Waals surface area (Å²) in [6.45, 7) is 4.91. The summed E-state index contributed by atoms with van der Waals surface area (Å²) in [6.07, 6.45) is 3.87. The Morgan fingerprint density at radius 2 is 2.00 bits per heavy atom. The first-order valence-electron chi connectivity index (χ1n) is 5.30. The zero-order valence-corrected chi connectivity index (χ0v) is 9.52. The summed E-state index contributed by atoms with van der Waals surface area (Å²) >= 11 is 0. The molecule has 2 saturated heterocycles. The lowest BCUT2D eigenvalue weighted by Gasteiger charge is -2.24. The van der Waals surface area contributed by atoms with Gasteiger partial charge in [-0.1, -0.05) is 0 Å². The maximum atomic E-state index is 5.62. The molecule has 2 aliphatic heterocycles. The maximum absolute atomic E-state index is 5.62. The predicted octanol–water partition coefficient (Wildman–Crippen LogP) is 1.56. The second-order valence-electron chi connectivity index (χ2n) is 4.18. The summed E-state index contributed by atoms with van der Waals surface area (Å²) in [7, 11) is 0. The van der Waals surface area contributed by atoms with E-state index in [-0.39, 0.29) is 12.4 Å². The van der Waals surface area contributed by atoms with Crippen molar-refractivity contribution in [1.82, 2.24) is 5.32 Å². The van der Waals surface area contributed by atoms with Gasteiger partial charge in [-0.05, 0) is 32.1 Å². The third-order valence-electron chi connectivity index (χ3n) is 2.91. The van der Waals surface area contributed by atoms with Crippen LogP contribution in [0.25, 0.3) is 0 Å². The van der Waals surface area contributed by atoms with Gasteiger partial charge < -0.3 is 9.47 Å². The third kappa shape index (κ3) is 3.39. The van der Waals surface area contributed by atoms with Crippen molar-refractivity contribution in [2.24, 2.45) is 5.92 Å². The van der Waals surface area contributed by atoms with Crippen LogP contribution in [0, 0.1) is 5.92 Å². The largest absolute Gasteiger partial charge is 0.381 e. The summed E-state index contributed by atoms with van der Waals surface area (Å²) in [5.41, 5.74) is 0. The molecule has 2 fully saturated rings. The molecule has 1 N–H and O–H groups in total. The van der Waals surface area contributed by atoms with Crippen LogP contribution in [0.5, 0.6) is 0 Å². The lowest BCUT2D eigenvalue weighted by atomic mass is 9.96. The van der Waals surface area contributed by atoms with Crippen LogP contribution >= 0.6 is 12.4 Å². The van der Waals surface area contributed by atoms with Crippen molar-refractivity contribution >= 4 is 12.4 Å². The molecule has 0 spiro atoms. The van der Waals surface area contributed by atoms with Gasteiger partial charge in [0.2, 0.25) is 0 Å². The fraction of sp³-hybridized carbons (Fsp3) is 1.00. The second kappa shape index (κ2) is 5.91. The number of rotatable bonds is 2. The molecule has 2 aliphatic rings. The van der Waals surface area contributed by atoms with Crippen LogP contribution in [-0.2, 0) is 9.47 Å². The first kappa shape index (κ1) is 12.2. The van der Waals surface area contributed by atoms with Gasteiger partial charge in [-0.3, -0.25) is 5.32 Å². The van der Waals surface area contributed by atoms with E-state index in [1.807, 2.05) is 0 Å². The highest BCUT2D eigenvalue weighted by atomic mass is 35.5. The van der Waals surface area contributed by atoms with Crippen LogP contribution in [-0.4, -0.2) is 32.1 Å². The highest BCUT2D eigenvalue weighted by Gasteiger charge is 2.25. The first-order valence-corrected chi connectivity index (χ1v) is 5.30. The molecule has 0 radical (unpaired) electrons. The topological polar surface area (TPSA) is 30.5 Å². The molecule has 4 heteroatoms. The molecule has 2 heterocycles. The van der Waals surface area contributed by atoms with Crippen molar-refractivity contribution in [2.45, 2.75) is 38.5 Å². The minimum Gasteiger partial charge on any atom is -0.381 e. The minimum absolute atomic E-state index is 0. The Hall–Kier alpha value is 0.170. The van der Waals surface area contributed by atoms with E-state index >= 15 is 0 Å². The van der Waals surface area contributed by atoms with Gasteiger partial charge in [-0.2, -0.15) is 0 Å². The molecule has 0 aromatic rings. The van der Waals surface area contributed by atoms with E-state index in [9.17, 15) is 0 Å². The lowest BCUT2D eigenvalue weighted by molar-refractivity contribution is 0.0293. The molecule has 2 rings (SSSR count). The van der Waals surface area contributed by atoms with E-state index in [0.29, 0.717) is 12.3 Å². The lowest BCUT2D eigenvalue weighted by Crippen LogP contribution is -2.31. The Morgan fingerprint density at radius 3 is 2.57 bits per heavy atom. The standard InChI is InChI=1S/C10H19NO2.ClH/c1-8-7-13-10(11-8)6-9-2-4-12-5-3-9;/h8-11H,2-7H2,1H3;1H. The van der Waals surface area contributed by atoms with Crippen LogP contribution in [0.4, 0.5) is 0 Å². The van der Waals surface area contributed by atoms with Gasteiger partial charge in [0, 0.05) is 19.3 Å². The quantitative estimate of drug-likeness (QED) is 0.768. The Balaban J connectivity index is 0.000000980. The molecule has 0 aromatic carbocycles. The summed E-state index contributed by atoms with van der Waals surface area (Å²) in [6, 6.07) is 0.532. The fourth-order valence-electron chi connectivity index (χ4n) is 2.09. The fourth-order valence-corrected chi connectivity index (χ4v) is 2.09. The van der Waals surface area contributed by atoms with Gasteiger partial charge in [-0.25, -0.2) is 0 Å². The van der Waals surface area contributed by atoms with Gasteiger partial charge in [0.25, 0.3) is 0 Å². The summed E-state index contributed by atoms with van der Waals surface area (Å²) in [5, 5.41) is 3.44. The van der Waals surface area contributed by atoms with E-state index in [4.69, 9.17) is 9.47 Å². The molecule has 0 aromatic heterocycles. The van der Waals surface area contributed by atoms with Crippen molar-refractivity contribution < 1.29 is 9.47 Å². The smallest absolute Gasteiger partial charge is 0.108 e. The molecule has 0 aliphatic carbocycles. The second-order valence-corrected chi connectivity index (χ2v) is 4.18. The highest BCUT2D eigenvalue weighted by molar-refractivity contribution is 5.85. The molecule has 2 unspecified atom stereocenters. The number of hydrogen-bond donors (Lipinski definition) is 1. The SMILES string of the molecule is CC1COC(CC2CCOCC2)N1.Cl. The molecule has 2 atom stereocenters. The molecule has 0 amide bonds. The van der Waals surface area contributed by atoms with Gasteiger partial charge in [0.1, 0.15) is 6.23 Å². The van der Waals surface area contributed by atoms with E-state index in [2.05, 4.69) is 12.2 Å². The van der Waals surface area contributed by atoms with Crippen LogP contribution in [0.15, 0.2) is 0 Å². The molecule has 0 saturated carbocycles. The average molecular weight is 222 g/mol. The Bertz CT molecular complexity index is 159. The monoisotopic (exact) mass is 221 g/mol. The Labute approximate surface area is 91.9 Å². The average Bonchev–Trinajstić information content (AvgIpc) is 2.53. The van der Waals surface area contributed by atoms with Gasteiger partial charge >= 0.3 is 0 Å². The third-order valence-corrected chi connectivity index (χ3v) is 2.91. The predicted molar refractivity (Wildman–Crippen MR) is 57.7 cm³/mol. The van der Waals surface area contributed by atoms with Crippen molar-refractivity contribution in [3.63, 3.8) is 0 Å². The molecular formula is C10H20ClNO2. The first-order chi connectivity index (χ1) is 6.34. The summed E-state index contributed by atoms with van der Waals surface area (Å²) < 4.78 is 10.9. The number of halogens is 1. The maximum Gasteiger partial charge on any atom is 0.108 e. The van der Waals surface area contributed by atoms with Crippen LogP contribution in [0.2, 0.25) is 0 Å². The highest BCUT2D eigenvalue weighted by Crippen LogP contribution is 2.22. The van der Waals surface area contributed by atoms with Crippen molar-refractivity contribution in [3.05, 3.63) is 0 Å². The van der Waals surface area contributed by atoms with Crippen molar-refractivity contribution in [2.75, 3.05) is 19.8 Å².